The van der Waals surface area contributed by atoms with Gasteiger partial charge in [0.15, 0.2) is 0 Å². The van der Waals surface area contributed by atoms with E-state index < -0.39 is 0 Å². The maximum absolute atomic E-state index is 3.96. The minimum absolute atomic E-state index is 0.977. The van der Waals surface area contributed by atoms with Gasteiger partial charge in [0.25, 0.3) is 0 Å². The van der Waals surface area contributed by atoms with E-state index in [-0.39, 0.29) is 0 Å². The summed E-state index contributed by atoms with van der Waals surface area (Å²) in [6.07, 6.45) is 7.31. The Labute approximate surface area is 112 Å². The van der Waals surface area contributed by atoms with E-state index >= 15 is 0 Å². The summed E-state index contributed by atoms with van der Waals surface area (Å²) in [6, 6.07) is 4.04. The molecular weight excluding hydrogens is 216 g/mol. The molecule has 0 aliphatic carbocycles. The summed E-state index contributed by atoms with van der Waals surface area (Å²) in [7, 11) is 0. The Morgan fingerprint density at radius 1 is 0.833 bits per heavy atom. The summed E-state index contributed by atoms with van der Waals surface area (Å²) in [5.74, 6) is 0. The van der Waals surface area contributed by atoms with Crippen molar-refractivity contribution in [3.63, 3.8) is 0 Å². The fourth-order valence-electron chi connectivity index (χ4n) is 1.33. The maximum Gasteiger partial charge on any atom is -0.0184 e. The molecule has 1 aromatic carbocycles. The molecule has 0 fully saturated rings. The topological polar surface area (TPSA) is 0 Å². The van der Waals surface area contributed by atoms with Crippen LogP contribution in [0.2, 0.25) is 0 Å². The van der Waals surface area contributed by atoms with E-state index in [4.69, 9.17) is 0 Å². The summed E-state index contributed by atoms with van der Waals surface area (Å²) in [6.45, 7) is 23.1. The van der Waals surface area contributed by atoms with Gasteiger partial charge in [-0.3, -0.25) is 0 Å². The SMILES string of the molecule is C=C/C=c1/cc(C=C)c(C=C)cc1=C.CC.CC. The van der Waals surface area contributed by atoms with Gasteiger partial charge < -0.3 is 0 Å². The Balaban J connectivity index is 0. The summed E-state index contributed by atoms with van der Waals surface area (Å²) < 4.78 is 0. The first-order valence-corrected chi connectivity index (χ1v) is 6.43. The smallest absolute Gasteiger partial charge is 0.0184 e. The normalized spacial score (nSPS) is 9.22. The van der Waals surface area contributed by atoms with Crippen molar-refractivity contribution in [3.05, 3.63) is 59.5 Å². The Kier molecular flexibility index (Phi) is 12.0. The van der Waals surface area contributed by atoms with Crippen LogP contribution in [0.1, 0.15) is 38.8 Å². The van der Waals surface area contributed by atoms with Crippen molar-refractivity contribution in [1.82, 2.24) is 0 Å². The quantitative estimate of drug-likeness (QED) is 0.737. The molecule has 1 rings (SSSR count). The molecule has 0 saturated carbocycles. The minimum Gasteiger partial charge on any atom is -0.0990 e. The summed E-state index contributed by atoms with van der Waals surface area (Å²) in [5, 5.41) is 2.05. The van der Waals surface area contributed by atoms with Gasteiger partial charge in [0, 0.05) is 0 Å². The van der Waals surface area contributed by atoms with Gasteiger partial charge >= 0.3 is 0 Å². The predicted octanol–water partition coefficient (Wildman–Crippen LogP) is 4.40. The average Bonchev–Trinajstić information content (AvgIpc) is 2.45. The van der Waals surface area contributed by atoms with Crippen molar-refractivity contribution >= 4 is 24.8 Å². The first kappa shape index (κ1) is 18.5. The monoisotopic (exact) mass is 242 g/mol. The van der Waals surface area contributed by atoms with E-state index in [9.17, 15) is 0 Å². The number of benzene rings is 1. The third-order valence-corrected chi connectivity index (χ3v) is 2.08. The summed E-state index contributed by atoms with van der Waals surface area (Å²) in [4.78, 5) is 0. The van der Waals surface area contributed by atoms with Crippen LogP contribution in [0.15, 0.2) is 37.9 Å². The largest absolute Gasteiger partial charge is 0.0990 e. The lowest BCUT2D eigenvalue weighted by Crippen LogP contribution is -2.23. The van der Waals surface area contributed by atoms with Crippen LogP contribution in [-0.4, -0.2) is 0 Å². The molecule has 0 heteroatoms. The van der Waals surface area contributed by atoms with E-state index in [0.29, 0.717) is 0 Å². The van der Waals surface area contributed by atoms with Crippen molar-refractivity contribution in [1.29, 1.82) is 0 Å². The molecule has 0 N–H and O–H groups in total. The van der Waals surface area contributed by atoms with E-state index in [1.165, 1.54) is 0 Å². The van der Waals surface area contributed by atoms with Crippen LogP contribution in [-0.2, 0) is 0 Å². The molecule has 0 spiro atoms. The van der Waals surface area contributed by atoms with Crippen LogP contribution < -0.4 is 10.4 Å². The van der Waals surface area contributed by atoms with Crippen LogP contribution in [0.25, 0.3) is 24.8 Å². The van der Waals surface area contributed by atoms with Crippen LogP contribution in [0.3, 0.4) is 0 Å². The molecule has 0 unspecified atom stereocenters. The third-order valence-electron chi connectivity index (χ3n) is 2.08. The fourth-order valence-corrected chi connectivity index (χ4v) is 1.33. The van der Waals surface area contributed by atoms with Gasteiger partial charge in [0.05, 0.1) is 0 Å². The van der Waals surface area contributed by atoms with Gasteiger partial charge in [-0.2, -0.15) is 0 Å². The zero-order valence-corrected chi connectivity index (χ0v) is 12.3. The minimum atomic E-state index is 0.977. The number of hydrogen-bond acceptors (Lipinski definition) is 0. The van der Waals surface area contributed by atoms with Crippen molar-refractivity contribution < 1.29 is 0 Å². The summed E-state index contributed by atoms with van der Waals surface area (Å²) >= 11 is 0. The highest BCUT2D eigenvalue weighted by Gasteiger charge is 1.94. The predicted molar refractivity (Wildman–Crippen MR) is 88.8 cm³/mol. The van der Waals surface area contributed by atoms with Crippen molar-refractivity contribution in [2.45, 2.75) is 27.7 Å². The van der Waals surface area contributed by atoms with Crippen molar-refractivity contribution in [3.8, 4) is 0 Å². The van der Waals surface area contributed by atoms with Gasteiger partial charge in [0.2, 0.25) is 0 Å². The van der Waals surface area contributed by atoms with Gasteiger partial charge in [-0.15, -0.1) is 0 Å². The van der Waals surface area contributed by atoms with E-state index in [0.717, 1.165) is 21.6 Å². The van der Waals surface area contributed by atoms with Gasteiger partial charge in [-0.05, 0) is 33.7 Å². The average molecular weight is 242 g/mol. The lowest BCUT2D eigenvalue weighted by Gasteiger charge is -2.00. The third kappa shape index (κ3) is 5.49. The van der Waals surface area contributed by atoms with Crippen LogP contribution in [0.5, 0.6) is 0 Å². The zero-order chi connectivity index (χ0) is 14.6. The Hall–Kier alpha value is -1.82. The molecule has 0 heterocycles. The molecule has 98 valence electrons. The Morgan fingerprint density at radius 2 is 1.28 bits per heavy atom. The molecule has 0 atom stereocenters. The molecule has 0 aliphatic heterocycles. The molecular formula is C18H26. The highest BCUT2D eigenvalue weighted by molar-refractivity contribution is 5.64. The second kappa shape index (κ2) is 11.7. The number of hydrogen-bond donors (Lipinski definition) is 0. The lowest BCUT2D eigenvalue weighted by molar-refractivity contribution is 1.49. The van der Waals surface area contributed by atoms with E-state index in [1.54, 1.807) is 6.08 Å². The highest BCUT2D eigenvalue weighted by atomic mass is 14.0. The second-order valence-electron chi connectivity index (χ2n) is 2.99. The first-order chi connectivity index (χ1) is 8.72. The first-order valence-electron chi connectivity index (χ1n) is 6.43. The van der Waals surface area contributed by atoms with E-state index in [1.807, 2.05) is 58.1 Å². The molecule has 18 heavy (non-hydrogen) atoms. The zero-order valence-electron chi connectivity index (χ0n) is 12.3. The molecule has 0 bridgehead atoms. The molecule has 0 aromatic heterocycles. The van der Waals surface area contributed by atoms with Crippen molar-refractivity contribution in [2.24, 2.45) is 0 Å². The molecule has 1 aromatic rings. The fraction of sp³-hybridized carbons (Fsp3) is 0.222. The number of rotatable bonds is 3. The van der Waals surface area contributed by atoms with E-state index in [2.05, 4.69) is 26.3 Å². The molecule has 0 amide bonds. The summed E-state index contributed by atoms with van der Waals surface area (Å²) in [5.41, 5.74) is 2.13. The molecule has 0 saturated heterocycles. The Bertz CT molecular complexity index is 475. The van der Waals surface area contributed by atoms with Gasteiger partial charge in [0.1, 0.15) is 0 Å². The molecule has 0 aliphatic rings. The standard InChI is InChI=1S/C14H14.2C2H6/c1-5-8-14-10-13(7-3)12(6-2)9-11(14)4;2*1-2/h5-10H,1-4H2;2*1-2H3/b14-8-;;. The molecule has 0 nitrogen and oxygen atoms in total. The maximum atomic E-state index is 3.96. The van der Waals surface area contributed by atoms with Crippen LogP contribution >= 0.6 is 0 Å². The number of allylic oxidation sites excluding steroid dienone is 1. The van der Waals surface area contributed by atoms with Gasteiger partial charge in [-0.25, -0.2) is 0 Å². The van der Waals surface area contributed by atoms with Crippen LogP contribution in [0.4, 0.5) is 0 Å². The van der Waals surface area contributed by atoms with Crippen molar-refractivity contribution in [2.75, 3.05) is 0 Å². The highest BCUT2D eigenvalue weighted by Crippen LogP contribution is 2.06. The second-order valence-corrected chi connectivity index (χ2v) is 2.99. The van der Waals surface area contributed by atoms with Crippen LogP contribution in [0, 0.1) is 0 Å². The molecule has 0 radical (unpaired) electrons. The Morgan fingerprint density at radius 3 is 1.67 bits per heavy atom. The lowest BCUT2D eigenvalue weighted by atomic mass is 10.0. The van der Waals surface area contributed by atoms with Gasteiger partial charge in [-0.1, -0.05) is 78.3 Å².